The van der Waals surface area contributed by atoms with Gasteiger partial charge in [0.2, 0.25) is 5.78 Å². The number of methoxy groups -OCH3 is 1. The Bertz CT molecular complexity index is 452. The number of carbonyl (C=O) groups excluding carboxylic acids is 3. The van der Waals surface area contributed by atoms with E-state index in [1.54, 1.807) is 37.3 Å². The lowest BCUT2D eigenvalue weighted by Gasteiger charge is -2.14. The van der Waals surface area contributed by atoms with Crippen molar-refractivity contribution in [3.05, 3.63) is 35.9 Å². The lowest BCUT2D eigenvalue weighted by atomic mass is 9.91. The number of ether oxygens (including phenoxy) is 2. The second-order valence-electron chi connectivity index (χ2n) is 3.83. The molecule has 0 amide bonds. The fraction of sp³-hybridized carbons (Fsp3) is 0.357. The summed E-state index contributed by atoms with van der Waals surface area (Å²) in [6.45, 7) is 1.91. The predicted molar refractivity (Wildman–Crippen MR) is 67.5 cm³/mol. The van der Waals surface area contributed by atoms with Gasteiger partial charge in [-0.05, 0) is 12.5 Å². The van der Waals surface area contributed by atoms with E-state index in [-0.39, 0.29) is 13.0 Å². The summed E-state index contributed by atoms with van der Waals surface area (Å²) in [5.41, 5.74) is 0.589. The summed E-state index contributed by atoms with van der Waals surface area (Å²) in [5, 5.41) is 0. The smallest absolute Gasteiger partial charge is 0.374 e. The Kier molecular flexibility index (Phi) is 5.73. The molecule has 0 aliphatic rings. The summed E-state index contributed by atoms with van der Waals surface area (Å²) in [4.78, 5) is 34.8. The number of carbonyl (C=O) groups is 3. The minimum absolute atomic E-state index is 0.175. The van der Waals surface area contributed by atoms with Crippen LogP contribution in [0.5, 0.6) is 0 Å². The van der Waals surface area contributed by atoms with Crippen molar-refractivity contribution < 1.29 is 23.9 Å². The van der Waals surface area contributed by atoms with E-state index in [2.05, 4.69) is 4.74 Å². The molecule has 1 atom stereocenters. The van der Waals surface area contributed by atoms with Crippen molar-refractivity contribution in [3.8, 4) is 0 Å². The second kappa shape index (κ2) is 7.31. The highest BCUT2D eigenvalue weighted by Crippen LogP contribution is 2.21. The quantitative estimate of drug-likeness (QED) is 0.574. The average Bonchev–Trinajstić information content (AvgIpc) is 2.44. The topological polar surface area (TPSA) is 69.7 Å². The van der Waals surface area contributed by atoms with Crippen LogP contribution >= 0.6 is 0 Å². The van der Waals surface area contributed by atoms with Crippen molar-refractivity contribution in [3.63, 3.8) is 0 Å². The molecule has 0 spiro atoms. The fourth-order valence-corrected chi connectivity index (χ4v) is 1.68. The van der Waals surface area contributed by atoms with Crippen molar-refractivity contribution >= 4 is 17.7 Å². The van der Waals surface area contributed by atoms with E-state index in [9.17, 15) is 14.4 Å². The third-order valence-corrected chi connectivity index (χ3v) is 2.58. The molecule has 5 nitrogen and oxygen atoms in total. The Morgan fingerprint density at radius 2 is 1.79 bits per heavy atom. The molecule has 1 rings (SSSR count). The van der Waals surface area contributed by atoms with E-state index in [1.807, 2.05) is 0 Å². The van der Waals surface area contributed by atoms with Crippen molar-refractivity contribution in [2.24, 2.45) is 0 Å². The second-order valence-corrected chi connectivity index (χ2v) is 3.83. The molecule has 1 unspecified atom stereocenters. The van der Waals surface area contributed by atoms with Gasteiger partial charge in [0.05, 0.1) is 26.1 Å². The number of ketones is 1. The zero-order chi connectivity index (χ0) is 14.3. The van der Waals surface area contributed by atoms with E-state index in [0.717, 1.165) is 7.11 Å². The maximum absolute atomic E-state index is 11.9. The van der Waals surface area contributed by atoms with Gasteiger partial charge in [-0.3, -0.25) is 9.59 Å². The van der Waals surface area contributed by atoms with Gasteiger partial charge in [-0.25, -0.2) is 4.79 Å². The van der Waals surface area contributed by atoms with Crippen LogP contribution in [0.25, 0.3) is 0 Å². The van der Waals surface area contributed by atoms with E-state index in [1.165, 1.54) is 0 Å². The SMILES string of the molecule is CCOC(=O)CC(C(=O)C(=O)OC)c1ccccc1. The summed E-state index contributed by atoms with van der Waals surface area (Å²) in [6, 6.07) is 8.62. The van der Waals surface area contributed by atoms with Gasteiger partial charge in [0.1, 0.15) is 0 Å². The number of hydrogen-bond donors (Lipinski definition) is 0. The van der Waals surface area contributed by atoms with Crippen LogP contribution in [0.2, 0.25) is 0 Å². The third kappa shape index (κ3) is 4.21. The monoisotopic (exact) mass is 264 g/mol. The fourth-order valence-electron chi connectivity index (χ4n) is 1.68. The van der Waals surface area contributed by atoms with Gasteiger partial charge in [-0.2, -0.15) is 0 Å². The molecule has 0 aliphatic carbocycles. The normalized spacial score (nSPS) is 11.5. The Labute approximate surface area is 111 Å². The zero-order valence-corrected chi connectivity index (χ0v) is 10.9. The molecule has 0 aromatic heterocycles. The minimum Gasteiger partial charge on any atom is -0.466 e. The van der Waals surface area contributed by atoms with Gasteiger partial charge >= 0.3 is 11.9 Å². The predicted octanol–water partition coefficient (Wildman–Crippen LogP) is 1.47. The van der Waals surface area contributed by atoms with Crippen LogP contribution in [0.15, 0.2) is 30.3 Å². The molecule has 0 fully saturated rings. The molecule has 0 N–H and O–H groups in total. The standard InChI is InChI=1S/C14H16O5/c1-3-19-12(15)9-11(13(16)14(17)18-2)10-7-5-4-6-8-10/h4-8,11H,3,9H2,1-2H3. The molecular weight excluding hydrogens is 248 g/mol. The summed E-state index contributed by atoms with van der Waals surface area (Å²) < 4.78 is 9.23. The number of benzene rings is 1. The summed E-state index contributed by atoms with van der Waals surface area (Å²) in [6.07, 6.45) is -0.175. The highest BCUT2D eigenvalue weighted by atomic mass is 16.5. The van der Waals surface area contributed by atoms with Crippen LogP contribution in [0.4, 0.5) is 0 Å². The van der Waals surface area contributed by atoms with Crippen LogP contribution in [0.1, 0.15) is 24.8 Å². The van der Waals surface area contributed by atoms with Crippen molar-refractivity contribution in [2.45, 2.75) is 19.3 Å². The summed E-state index contributed by atoms with van der Waals surface area (Å²) in [5.74, 6) is -3.10. The molecule has 102 valence electrons. The molecule has 0 saturated heterocycles. The maximum Gasteiger partial charge on any atom is 0.374 e. The number of Topliss-reactive ketones (excluding diaryl/α,β-unsaturated/α-hetero) is 1. The van der Waals surface area contributed by atoms with Gasteiger partial charge in [0, 0.05) is 0 Å². The number of rotatable bonds is 6. The first-order valence-corrected chi connectivity index (χ1v) is 5.92. The Morgan fingerprint density at radius 1 is 1.16 bits per heavy atom. The van der Waals surface area contributed by atoms with Crippen LogP contribution in [0.3, 0.4) is 0 Å². The first kappa shape index (κ1) is 14.9. The molecule has 5 heteroatoms. The van der Waals surface area contributed by atoms with Crippen LogP contribution < -0.4 is 0 Å². The van der Waals surface area contributed by atoms with Gasteiger partial charge in [-0.1, -0.05) is 30.3 Å². The molecule has 0 heterocycles. The van der Waals surface area contributed by atoms with Crippen LogP contribution in [0, 0.1) is 0 Å². The lowest BCUT2D eigenvalue weighted by molar-refractivity contribution is -0.153. The third-order valence-electron chi connectivity index (χ3n) is 2.58. The summed E-state index contributed by atoms with van der Waals surface area (Å²) in [7, 11) is 1.13. The Balaban J connectivity index is 2.95. The highest BCUT2D eigenvalue weighted by Gasteiger charge is 2.30. The number of hydrogen-bond acceptors (Lipinski definition) is 5. The van der Waals surface area contributed by atoms with Crippen molar-refractivity contribution in [1.29, 1.82) is 0 Å². The van der Waals surface area contributed by atoms with Crippen LogP contribution in [-0.4, -0.2) is 31.4 Å². The molecule has 0 aliphatic heterocycles. The molecule has 19 heavy (non-hydrogen) atoms. The Hall–Kier alpha value is -2.17. The van der Waals surface area contributed by atoms with Crippen LogP contribution in [-0.2, 0) is 23.9 Å². The largest absolute Gasteiger partial charge is 0.466 e. The van der Waals surface area contributed by atoms with Crippen molar-refractivity contribution in [2.75, 3.05) is 13.7 Å². The first-order valence-electron chi connectivity index (χ1n) is 5.92. The average molecular weight is 264 g/mol. The molecule has 1 aromatic carbocycles. The van der Waals surface area contributed by atoms with Gasteiger partial charge in [-0.15, -0.1) is 0 Å². The van der Waals surface area contributed by atoms with Crippen molar-refractivity contribution in [1.82, 2.24) is 0 Å². The maximum atomic E-state index is 11.9. The molecule has 0 saturated carbocycles. The van der Waals surface area contributed by atoms with E-state index >= 15 is 0 Å². The minimum atomic E-state index is -0.960. The van der Waals surface area contributed by atoms with E-state index < -0.39 is 23.6 Å². The Morgan fingerprint density at radius 3 is 2.32 bits per heavy atom. The van der Waals surface area contributed by atoms with E-state index in [0.29, 0.717) is 5.56 Å². The van der Waals surface area contributed by atoms with Gasteiger partial charge < -0.3 is 9.47 Å². The molecular formula is C14H16O5. The molecule has 1 aromatic rings. The summed E-state index contributed by atoms with van der Waals surface area (Å²) >= 11 is 0. The van der Waals surface area contributed by atoms with Gasteiger partial charge in [0.25, 0.3) is 0 Å². The first-order chi connectivity index (χ1) is 9.10. The van der Waals surface area contributed by atoms with E-state index in [4.69, 9.17) is 4.74 Å². The highest BCUT2D eigenvalue weighted by molar-refractivity contribution is 6.36. The molecule has 0 bridgehead atoms. The lowest BCUT2D eigenvalue weighted by Crippen LogP contribution is -2.26. The molecule has 0 radical (unpaired) electrons. The number of esters is 2. The van der Waals surface area contributed by atoms with Gasteiger partial charge in [0.15, 0.2) is 0 Å². The zero-order valence-electron chi connectivity index (χ0n) is 10.9.